The van der Waals surface area contributed by atoms with Gasteiger partial charge in [-0.1, -0.05) is 53.7 Å². The van der Waals surface area contributed by atoms with Gasteiger partial charge in [0.1, 0.15) is 24.2 Å². The lowest BCUT2D eigenvalue weighted by Crippen LogP contribution is -2.50. The number of hydrogen-bond donors (Lipinski definition) is 1. The lowest BCUT2D eigenvalue weighted by molar-refractivity contribution is 0.0139. The number of fused-ring (bicyclic) bond motifs is 3. The van der Waals surface area contributed by atoms with Crippen molar-refractivity contribution in [2.45, 2.75) is 11.0 Å². The molecule has 9 heteroatoms. The fourth-order valence-corrected chi connectivity index (χ4v) is 5.96. The minimum atomic E-state index is -3.67. The first-order chi connectivity index (χ1) is 16.9. The zero-order chi connectivity index (χ0) is 24.4. The molecule has 1 heterocycles. The number of oxime groups is 1. The van der Waals surface area contributed by atoms with Crippen LogP contribution in [0.5, 0.6) is 0 Å². The number of rotatable bonds is 7. The molecule has 3 aromatic carbocycles. The number of sulfonamides is 1. The van der Waals surface area contributed by atoms with Crippen LogP contribution in [-0.2, 0) is 14.9 Å². The first-order valence-corrected chi connectivity index (χ1v) is 12.9. The van der Waals surface area contributed by atoms with E-state index in [4.69, 9.17) is 4.84 Å². The van der Waals surface area contributed by atoms with Crippen molar-refractivity contribution in [2.24, 2.45) is 5.16 Å². The normalized spacial score (nSPS) is 17.0. The Morgan fingerprint density at radius 2 is 1.40 bits per heavy atom. The van der Waals surface area contributed by atoms with E-state index in [2.05, 4.69) is 17.3 Å². The minimum Gasteiger partial charge on any atom is -0.392 e. The molecule has 0 bridgehead atoms. The van der Waals surface area contributed by atoms with Gasteiger partial charge >= 0.3 is 0 Å². The number of nitrogens with zero attached hydrogens (tertiary/aromatic N) is 3. The summed E-state index contributed by atoms with van der Waals surface area (Å²) in [6.45, 7) is 1.93. The maximum atomic E-state index is 13.1. The van der Waals surface area contributed by atoms with Crippen molar-refractivity contribution in [3.63, 3.8) is 0 Å². The molecular formula is C26H26FN3O4S. The standard InChI is InChI=1S/C26H26FN3O4S/c27-19-9-11-21(12-10-19)35(32,33)30-15-13-29(14-16-30)17-20(31)18-34-28-26-24-7-3-1-5-22(24)23-6-2-4-8-25(23)26/h1-12,20,31H,13-18H2/t20-/m1/s1. The molecule has 0 radical (unpaired) electrons. The summed E-state index contributed by atoms with van der Waals surface area (Å²) in [4.78, 5) is 7.63. The number of aliphatic hydroxyl groups excluding tert-OH is 1. The van der Waals surface area contributed by atoms with E-state index in [-0.39, 0.29) is 11.5 Å². The van der Waals surface area contributed by atoms with E-state index in [1.807, 2.05) is 41.3 Å². The highest BCUT2D eigenvalue weighted by Gasteiger charge is 2.29. The Kier molecular flexibility index (Phi) is 6.66. The van der Waals surface area contributed by atoms with E-state index in [0.29, 0.717) is 32.7 Å². The molecular weight excluding hydrogens is 469 g/mol. The van der Waals surface area contributed by atoms with Gasteiger partial charge in [-0.05, 0) is 35.4 Å². The largest absolute Gasteiger partial charge is 0.392 e. The summed E-state index contributed by atoms with van der Waals surface area (Å²) >= 11 is 0. The van der Waals surface area contributed by atoms with E-state index in [0.717, 1.165) is 40.1 Å². The predicted octanol–water partition coefficient (Wildman–Crippen LogP) is 2.94. The Bertz CT molecular complexity index is 1290. The average Bonchev–Trinajstić information content (AvgIpc) is 3.19. The first-order valence-electron chi connectivity index (χ1n) is 11.5. The average molecular weight is 496 g/mol. The number of hydrogen-bond acceptors (Lipinski definition) is 6. The fourth-order valence-electron chi connectivity index (χ4n) is 4.54. The van der Waals surface area contributed by atoms with Gasteiger partial charge in [0.05, 0.1) is 4.90 Å². The molecule has 0 amide bonds. The lowest BCUT2D eigenvalue weighted by atomic mass is 10.1. The van der Waals surface area contributed by atoms with Crippen LogP contribution in [0.3, 0.4) is 0 Å². The van der Waals surface area contributed by atoms with Crippen molar-refractivity contribution in [1.29, 1.82) is 0 Å². The maximum Gasteiger partial charge on any atom is 0.243 e. The van der Waals surface area contributed by atoms with Crippen molar-refractivity contribution in [3.05, 3.63) is 89.7 Å². The third-order valence-corrected chi connectivity index (χ3v) is 8.24. The molecule has 182 valence electrons. The summed E-state index contributed by atoms with van der Waals surface area (Å²) in [5.74, 6) is -0.476. The molecule has 1 saturated heterocycles. The molecule has 0 unspecified atom stereocenters. The third kappa shape index (κ3) is 4.85. The molecule has 5 rings (SSSR count). The fraction of sp³-hybridized carbons (Fsp3) is 0.269. The first kappa shape index (κ1) is 23.6. The van der Waals surface area contributed by atoms with Gasteiger partial charge in [0.2, 0.25) is 10.0 Å². The van der Waals surface area contributed by atoms with E-state index in [1.54, 1.807) is 0 Å². The Balaban J connectivity index is 1.15. The smallest absolute Gasteiger partial charge is 0.243 e. The van der Waals surface area contributed by atoms with Gasteiger partial charge in [0, 0.05) is 43.9 Å². The van der Waals surface area contributed by atoms with Crippen LogP contribution in [0.15, 0.2) is 82.8 Å². The van der Waals surface area contributed by atoms with Gasteiger partial charge in [0.15, 0.2) is 0 Å². The van der Waals surface area contributed by atoms with Crippen LogP contribution in [0.2, 0.25) is 0 Å². The van der Waals surface area contributed by atoms with Gasteiger partial charge in [-0.3, -0.25) is 4.90 Å². The van der Waals surface area contributed by atoms with E-state index >= 15 is 0 Å². The Morgan fingerprint density at radius 1 is 0.857 bits per heavy atom. The quantitative estimate of drug-likeness (QED) is 0.399. The lowest BCUT2D eigenvalue weighted by Gasteiger charge is -2.34. The molecule has 2 aliphatic rings. The van der Waals surface area contributed by atoms with Gasteiger partial charge in [-0.2, -0.15) is 4.31 Å². The number of benzene rings is 3. The predicted molar refractivity (Wildman–Crippen MR) is 131 cm³/mol. The Labute approximate surface area is 204 Å². The number of piperazine rings is 1. The number of aliphatic hydroxyl groups is 1. The van der Waals surface area contributed by atoms with Crippen LogP contribution in [-0.4, -0.2) is 73.9 Å². The summed E-state index contributed by atoms with van der Waals surface area (Å²) in [5, 5.41) is 14.8. The van der Waals surface area contributed by atoms with E-state index in [1.165, 1.54) is 16.4 Å². The topological polar surface area (TPSA) is 82.4 Å². The molecule has 1 fully saturated rings. The zero-order valence-electron chi connectivity index (χ0n) is 19.0. The SMILES string of the molecule is O=S(=O)(c1ccc(F)cc1)N1CCN(C[C@@H](O)CON=C2c3ccccc3-c3ccccc32)CC1. The van der Waals surface area contributed by atoms with Gasteiger partial charge < -0.3 is 9.94 Å². The summed E-state index contributed by atoms with van der Waals surface area (Å²) in [7, 11) is -3.67. The van der Waals surface area contributed by atoms with Gasteiger partial charge in [-0.15, -0.1) is 0 Å². The highest BCUT2D eigenvalue weighted by atomic mass is 32.2. The monoisotopic (exact) mass is 495 g/mol. The molecule has 1 atom stereocenters. The van der Waals surface area contributed by atoms with Crippen LogP contribution < -0.4 is 0 Å². The number of β-amino-alcohol motifs (C(OH)–C–C–N with tert-alkyl or cyclic N) is 1. The third-order valence-electron chi connectivity index (χ3n) is 6.33. The molecule has 0 saturated carbocycles. The molecule has 1 aliphatic heterocycles. The highest BCUT2D eigenvalue weighted by Crippen LogP contribution is 2.36. The van der Waals surface area contributed by atoms with E-state index < -0.39 is 21.9 Å². The van der Waals surface area contributed by atoms with E-state index in [9.17, 15) is 17.9 Å². The van der Waals surface area contributed by atoms with Crippen molar-refractivity contribution in [3.8, 4) is 11.1 Å². The van der Waals surface area contributed by atoms with Gasteiger partial charge in [-0.25, -0.2) is 12.8 Å². The molecule has 7 nitrogen and oxygen atoms in total. The minimum absolute atomic E-state index is 0.0297. The summed E-state index contributed by atoms with van der Waals surface area (Å²) < 4.78 is 40.1. The Morgan fingerprint density at radius 3 is 1.97 bits per heavy atom. The highest BCUT2D eigenvalue weighted by molar-refractivity contribution is 7.89. The molecule has 1 N–H and O–H groups in total. The van der Waals surface area contributed by atoms with Crippen molar-refractivity contribution >= 4 is 15.7 Å². The van der Waals surface area contributed by atoms with Crippen molar-refractivity contribution < 1.29 is 22.8 Å². The van der Waals surface area contributed by atoms with Crippen LogP contribution in [0.4, 0.5) is 4.39 Å². The second-order valence-electron chi connectivity index (χ2n) is 8.64. The summed E-state index contributed by atoms with van der Waals surface area (Å²) in [6, 6.07) is 20.9. The van der Waals surface area contributed by atoms with Gasteiger partial charge in [0.25, 0.3) is 0 Å². The molecule has 0 spiro atoms. The van der Waals surface area contributed by atoms with Crippen LogP contribution in [0.25, 0.3) is 11.1 Å². The molecule has 1 aliphatic carbocycles. The van der Waals surface area contributed by atoms with Crippen LogP contribution in [0, 0.1) is 5.82 Å². The molecule has 35 heavy (non-hydrogen) atoms. The number of halogens is 1. The van der Waals surface area contributed by atoms with Crippen LogP contribution >= 0.6 is 0 Å². The second-order valence-corrected chi connectivity index (χ2v) is 10.6. The maximum absolute atomic E-state index is 13.1. The summed E-state index contributed by atoms with van der Waals surface area (Å²) in [5.41, 5.74) is 4.98. The van der Waals surface area contributed by atoms with Crippen LogP contribution in [0.1, 0.15) is 11.1 Å². The summed E-state index contributed by atoms with van der Waals surface area (Å²) in [6.07, 6.45) is -0.772. The molecule has 0 aromatic heterocycles. The molecule has 3 aromatic rings. The second kappa shape index (κ2) is 9.87. The zero-order valence-corrected chi connectivity index (χ0v) is 19.9. The van der Waals surface area contributed by atoms with Crippen molar-refractivity contribution in [1.82, 2.24) is 9.21 Å². The Hall–Kier alpha value is -3.11. The van der Waals surface area contributed by atoms with Crippen molar-refractivity contribution in [2.75, 3.05) is 39.3 Å².